The second kappa shape index (κ2) is 11.5. The van der Waals surface area contributed by atoms with Gasteiger partial charge in [-0.15, -0.1) is 0 Å². The van der Waals surface area contributed by atoms with Crippen molar-refractivity contribution in [3.8, 4) is 0 Å². The first-order valence-corrected chi connectivity index (χ1v) is 11.3. The van der Waals surface area contributed by atoms with Crippen molar-refractivity contribution in [1.29, 1.82) is 0 Å². The topological polar surface area (TPSA) is 87.5 Å². The highest BCUT2D eigenvalue weighted by atomic mass is 19.4. The first kappa shape index (κ1) is 27.8. The summed E-state index contributed by atoms with van der Waals surface area (Å²) in [6.45, 7) is 5.30. The number of aliphatic carboxylic acids is 1. The predicted molar refractivity (Wildman–Crippen MR) is 125 cm³/mol. The summed E-state index contributed by atoms with van der Waals surface area (Å²) in [5, 5.41) is 9.78. The molecule has 37 heavy (non-hydrogen) atoms. The molecule has 7 nitrogen and oxygen atoms in total. The number of carbonyl (C=O) groups excluding carboxylic acids is 1. The van der Waals surface area contributed by atoms with E-state index in [-0.39, 0.29) is 17.6 Å². The van der Waals surface area contributed by atoms with Gasteiger partial charge in [0, 0.05) is 31.6 Å². The second-order valence-electron chi connectivity index (χ2n) is 8.60. The minimum atomic E-state index is -5.08. The SMILES string of the molecule is CC(C)n1cnc2c1C(C(=O)Nc1ccc(F)cc1F)N(Cc1ccccc1)CC2.O=C(O)C(F)(F)F. The van der Waals surface area contributed by atoms with E-state index in [1.54, 1.807) is 6.33 Å². The van der Waals surface area contributed by atoms with Gasteiger partial charge in [-0.3, -0.25) is 9.69 Å². The minimum Gasteiger partial charge on any atom is -0.475 e. The van der Waals surface area contributed by atoms with Gasteiger partial charge in [0.15, 0.2) is 0 Å². The molecule has 2 N–H and O–H groups in total. The van der Waals surface area contributed by atoms with Crippen molar-refractivity contribution in [3.05, 3.63) is 83.4 Å². The van der Waals surface area contributed by atoms with E-state index >= 15 is 0 Å². The first-order chi connectivity index (χ1) is 17.4. The Morgan fingerprint density at radius 2 is 1.78 bits per heavy atom. The zero-order valence-electron chi connectivity index (χ0n) is 20.0. The van der Waals surface area contributed by atoms with E-state index in [9.17, 15) is 26.7 Å². The lowest BCUT2D eigenvalue weighted by Crippen LogP contribution is -2.43. The number of halogens is 5. The quantitative estimate of drug-likeness (QED) is 0.453. The maximum atomic E-state index is 14.2. The summed E-state index contributed by atoms with van der Waals surface area (Å²) in [6, 6.07) is 12.5. The molecule has 0 spiro atoms. The molecular formula is C25H25F5N4O3. The molecule has 1 unspecified atom stereocenters. The number of carboxylic acids is 1. The van der Waals surface area contributed by atoms with Gasteiger partial charge in [-0.1, -0.05) is 30.3 Å². The molecule has 1 amide bonds. The molecule has 0 radical (unpaired) electrons. The van der Waals surface area contributed by atoms with Crippen LogP contribution < -0.4 is 5.32 Å². The second-order valence-corrected chi connectivity index (χ2v) is 8.60. The minimum absolute atomic E-state index is 0.0382. The first-order valence-electron chi connectivity index (χ1n) is 11.3. The number of alkyl halides is 3. The molecule has 198 valence electrons. The molecule has 0 fully saturated rings. The third-order valence-corrected chi connectivity index (χ3v) is 5.64. The Balaban J connectivity index is 0.000000479. The van der Waals surface area contributed by atoms with Crippen LogP contribution in [0.4, 0.5) is 27.6 Å². The summed E-state index contributed by atoms with van der Waals surface area (Å²) >= 11 is 0. The molecule has 1 aromatic heterocycles. The van der Waals surface area contributed by atoms with Crippen LogP contribution in [0.5, 0.6) is 0 Å². The number of amides is 1. The molecule has 2 aromatic carbocycles. The van der Waals surface area contributed by atoms with Gasteiger partial charge in [-0.05, 0) is 31.5 Å². The normalized spacial score (nSPS) is 15.5. The maximum absolute atomic E-state index is 14.2. The Labute approximate surface area is 209 Å². The molecule has 0 saturated carbocycles. The van der Waals surface area contributed by atoms with Crippen molar-refractivity contribution in [2.75, 3.05) is 11.9 Å². The number of imidazole rings is 1. The lowest BCUT2D eigenvalue weighted by atomic mass is 9.99. The van der Waals surface area contributed by atoms with Crippen molar-refractivity contribution >= 4 is 17.6 Å². The number of nitrogens with zero attached hydrogens (tertiary/aromatic N) is 3. The Hall–Kier alpha value is -3.80. The summed E-state index contributed by atoms with van der Waals surface area (Å²) < 4.78 is 61.2. The van der Waals surface area contributed by atoms with Gasteiger partial charge in [0.1, 0.15) is 17.7 Å². The zero-order chi connectivity index (χ0) is 27.3. The third-order valence-electron chi connectivity index (χ3n) is 5.64. The van der Waals surface area contributed by atoms with E-state index in [1.807, 2.05) is 48.7 Å². The Morgan fingerprint density at radius 3 is 2.35 bits per heavy atom. The van der Waals surface area contributed by atoms with Gasteiger partial charge >= 0.3 is 12.1 Å². The number of fused-ring (bicyclic) bond motifs is 1. The number of anilines is 1. The van der Waals surface area contributed by atoms with Crippen LogP contribution in [0.25, 0.3) is 0 Å². The van der Waals surface area contributed by atoms with Crippen LogP contribution in [0.2, 0.25) is 0 Å². The number of carboxylic acid groups (broad SMARTS) is 1. The van der Waals surface area contributed by atoms with Crippen LogP contribution in [-0.2, 0) is 22.6 Å². The standard InChI is InChI=1S/C23H24F2N4O.C2HF3O2/c1-15(2)29-14-26-20-10-11-28(13-16-6-4-3-5-7-16)22(21(20)29)23(30)27-19-9-8-17(24)12-18(19)25;3-2(4,5)1(6)7/h3-9,12,14-15,22H,10-11,13H2,1-2H3,(H,27,30);(H,6,7). The van der Waals surface area contributed by atoms with Gasteiger partial charge < -0.3 is 15.0 Å². The van der Waals surface area contributed by atoms with Gasteiger partial charge in [-0.2, -0.15) is 13.2 Å². The van der Waals surface area contributed by atoms with Crippen LogP contribution in [0.1, 0.15) is 42.9 Å². The van der Waals surface area contributed by atoms with Crippen molar-refractivity contribution in [1.82, 2.24) is 14.5 Å². The van der Waals surface area contributed by atoms with Crippen molar-refractivity contribution in [2.24, 2.45) is 0 Å². The fourth-order valence-electron chi connectivity index (χ4n) is 3.93. The number of nitrogens with one attached hydrogen (secondary N) is 1. The average Bonchev–Trinajstić information content (AvgIpc) is 3.25. The highest BCUT2D eigenvalue weighted by molar-refractivity contribution is 5.95. The van der Waals surface area contributed by atoms with E-state index in [4.69, 9.17) is 9.90 Å². The van der Waals surface area contributed by atoms with Crippen molar-refractivity contribution in [3.63, 3.8) is 0 Å². The molecule has 2 heterocycles. The Kier molecular flexibility index (Phi) is 8.64. The monoisotopic (exact) mass is 524 g/mol. The average molecular weight is 524 g/mol. The number of benzene rings is 2. The lowest BCUT2D eigenvalue weighted by Gasteiger charge is -2.36. The van der Waals surface area contributed by atoms with Crippen LogP contribution in [0.3, 0.4) is 0 Å². The number of hydrogen-bond donors (Lipinski definition) is 2. The number of carbonyl (C=O) groups is 2. The number of aromatic nitrogens is 2. The highest BCUT2D eigenvalue weighted by Gasteiger charge is 2.38. The zero-order valence-corrected chi connectivity index (χ0v) is 20.0. The molecule has 1 atom stereocenters. The van der Waals surface area contributed by atoms with E-state index in [2.05, 4.69) is 15.2 Å². The van der Waals surface area contributed by atoms with E-state index in [0.717, 1.165) is 35.5 Å². The van der Waals surface area contributed by atoms with Crippen LogP contribution in [-0.4, -0.2) is 44.2 Å². The molecule has 4 rings (SSSR count). The van der Waals surface area contributed by atoms with Crippen LogP contribution in [0.15, 0.2) is 54.9 Å². The highest BCUT2D eigenvalue weighted by Crippen LogP contribution is 2.33. The molecule has 0 bridgehead atoms. The van der Waals surface area contributed by atoms with E-state index < -0.39 is 29.8 Å². The molecule has 1 aliphatic heterocycles. The fourth-order valence-corrected chi connectivity index (χ4v) is 3.93. The Bertz CT molecular complexity index is 1240. The summed E-state index contributed by atoms with van der Waals surface area (Å²) in [7, 11) is 0. The smallest absolute Gasteiger partial charge is 0.475 e. The maximum Gasteiger partial charge on any atom is 0.490 e. The van der Waals surface area contributed by atoms with E-state index in [1.165, 1.54) is 6.07 Å². The Morgan fingerprint density at radius 1 is 1.14 bits per heavy atom. The van der Waals surface area contributed by atoms with Crippen molar-refractivity contribution < 1.29 is 36.6 Å². The van der Waals surface area contributed by atoms with Crippen LogP contribution >= 0.6 is 0 Å². The lowest BCUT2D eigenvalue weighted by molar-refractivity contribution is -0.192. The number of rotatable bonds is 5. The largest absolute Gasteiger partial charge is 0.490 e. The third kappa shape index (κ3) is 6.91. The number of hydrogen-bond acceptors (Lipinski definition) is 4. The summed E-state index contributed by atoms with van der Waals surface area (Å²) in [5.41, 5.74) is 2.76. The van der Waals surface area contributed by atoms with Gasteiger partial charge in [0.05, 0.1) is 23.4 Å². The summed E-state index contributed by atoms with van der Waals surface area (Å²) in [6.07, 6.45) is -2.59. The molecule has 0 saturated heterocycles. The molecular weight excluding hydrogens is 499 g/mol. The molecule has 3 aromatic rings. The van der Waals surface area contributed by atoms with Gasteiger partial charge in [0.2, 0.25) is 5.91 Å². The fraction of sp³-hybridized carbons (Fsp3) is 0.320. The predicted octanol–water partition coefficient (Wildman–Crippen LogP) is 5.11. The van der Waals surface area contributed by atoms with Crippen molar-refractivity contribution in [2.45, 2.75) is 45.1 Å². The van der Waals surface area contributed by atoms with Crippen LogP contribution in [0, 0.1) is 11.6 Å². The van der Waals surface area contributed by atoms with Gasteiger partial charge in [0.25, 0.3) is 0 Å². The molecule has 1 aliphatic rings. The summed E-state index contributed by atoms with van der Waals surface area (Å²) in [5.74, 6) is -4.60. The van der Waals surface area contributed by atoms with E-state index in [0.29, 0.717) is 13.1 Å². The molecule has 12 heteroatoms. The molecule has 0 aliphatic carbocycles. The summed E-state index contributed by atoms with van der Waals surface area (Å²) in [4.78, 5) is 28.9. The van der Waals surface area contributed by atoms with Gasteiger partial charge in [-0.25, -0.2) is 18.6 Å².